The molecule has 0 aliphatic carbocycles. The van der Waals surface area contributed by atoms with E-state index in [0.717, 1.165) is 81.3 Å². The second-order valence-electron chi connectivity index (χ2n) is 8.93. The summed E-state index contributed by atoms with van der Waals surface area (Å²) in [5, 5.41) is 9.17. The fourth-order valence-corrected chi connectivity index (χ4v) is 6.05. The van der Waals surface area contributed by atoms with Crippen molar-refractivity contribution in [1.82, 2.24) is 24.8 Å². The molecule has 5 rings (SSSR count). The van der Waals surface area contributed by atoms with E-state index in [2.05, 4.69) is 45.4 Å². The number of benzene rings is 1. The van der Waals surface area contributed by atoms with Crippen molar-refractivity contribution in [2.24, 2.45) is 0 Å². The van der Waals surface area contributed by atoms with Crippen molar-refractivity contribution in [1.29, 1.82) is 0 Å². The number of thiophene rings is 1. The number of rotatable bonds is 7. The Labute approximate surface area is 202 Å². The Kier molecular flexibility index (Phi) is 6.24. The highest BCUT2D eigenvalue weighted by molar-refractivity contribution is 7.22. The summed E-state index contributed by atoms with van der Waals surface area (Å²) in [6.07, 6.45) is 2.62. The van der Waals surface area contributed by atoms with Crippen LogP contribution in [0.4, 0.5) is 5.82 Å². The fourth-order valence-electron chi connectivity index (χ4n) is 4.84. The summed E-state index contributed by atoms with van der Waals surface area (Å²) in [6.45, 7) is 8.33. The van der Waals surface area contributed by atoms with Gasteiger partial charge in [0.05, 0.1) is 17.5 Å². The molecule has 4 heterocycles. The molecule has 8 nitrogen and oxygen atoms in total. The molecule has 3 N–H and O–H groups in total. The van der Waals surface area contributed by atoms with Crippen LogP contribution in [0.25, 0.3) is 26.0 Å². The molecule has 0 radical (unpaired) electrons. The molecule has 4 aromatic rings. The molecule has 1 aromatic carbocycles. The van der Waals surface area contributed by atoms with Crippen LogP contribution >= 0.6 is 11.3 Å². The van der Waals surface area contributed by atoms with E-state index in [0.29, 0.717) is 18.7 Å². The van der Waals surface area contributed by atoms with Crippen LogP contribution in [0.3, 0.4) is 0 Å². The number of nitrogens with two attached hydrogens (primary N) is 1. The van der Waals surface area contributed by atoms with Crippen molar-refractivity contribution < 1.29 is 9.53 Å². The number of ketones is 1. The summed E-state index contributed by atoms with van der Waals surface area (Å²) in [4.78, 5) is 19.9. The van der Waals surface area contributed by atoms with Crippen LogP contribution in [0.2, 0.25) is 0 Å². The predicted octanol–water partition coefficient (Wildman–Crippen LogP) is 3.44. The Morgan fingerprint density at radius 3 is 2.79 bits per heavy atom. The number of piperazine rings is 1. The molecular weight excluding hydrogens is 448 g/mol. The van der Waals surface area contributed by atoms with Crippen LogP contribution in [0, 0.1) is 6.92 Å². The summed E-state index contributed by atoms with van der Waals surface area (Å²) in [7, 11) is 1.71. The molecule has 1 saturated heterocycles. The third-order valence-electron chi connectivity index (χ3n) is 6.46. The second-order valence-corrected chi connectivity index (χ2v) is 9.98. The standard InChI is InChI=1S/C25H30N6O2S/c1-15-10-17-12-21(34-24(17)20(11-15)33-3)22-18(5-4-16(2)32)19(13-30-8-6-27-7-9-30)31-23(22)25(26)28-14-29-31/h10-12,14,27H,4-9,13H2,1-3H3,(H2,26,28,29). The Morgan fingerprint density at radius 2 is 2.06 bits per heavy atom. The van der Waals surface area contributed by atoms with Crippen LogP contribution < -0.4 is 15.8 Å². The maximum absolute atomic E-state index is 12.0. The normalized spacial score (nSPS) is 14.8. The monoisotopic (exact) mass is 478 g/mol. The molecule has 3 aromatic heterocycles. The smallest absolute Gasteiger partial charge is 0.152 e. The largest absolute Gasteiger partial charge is 0.495 e. The average molecular weight is 479 g/mol. The van der Waals surface area contributed by atoms with Crippen LogP contribution in [-0.4, -0.2) is 58.6 Å². The van der Waals surface area contributed by atoms with Crippen LogP contribution in [0.15, 0.2) is 24.5 Å². The lowest BCUT2D eigenvalue weighted by molar-refractivity contribution is -0.116. The van der Waals surface area contributed by atoms with Gasteiger partial charge in [-0.1, -0.05) is 6.07 Å². The average Bonchev–Trinajstić information content (AvgIpc) is 3.37. The van der Waals surface area contributed by atoms with Crippen molar-refractivity contribution in [3.05, 3.63) is 41.3 Å². The second kappa shape index (κ2) is 9.32. The number of nitrogen functional groups attached to an aromatic ring is 1. The SMILES string of the molecule is COc1cc(C)cc2cc(-c3c(CCC(C)=O)c(CN4CCNCC4)n4ncnc(N)c34)sc12. The number of carbonyl (C=O) groups is 1. The first-order valence-electron chi connectivity index (χ1n) is 11.6. The molecule has 0 unspecified atom stereocenters. The van der Waals surface area contributed by atoms with E-state index < -0.39 is 0 Å². The van der Waals surface area contributed by atoms with E-state index in [1.807, 2.05) is 4.52 Å². The lowest BCUT2D eigenvalue weighted by Crippen LogP contribution is -2.43. The van der Waals surface area contributed by atoms with Gasteiger partial charge in [-0.25, -0.2) is 9.50 Å². The molecular formula is C25H30N6O2S. The Morgan fingerprint density at radius 1 is 1.26 bits per heavy atom. The summed E-state index contributed by atoms with van der Waals surface area (Å²) in [6, 6.07) is 6.43. The maximum atomic E-state index is 12.0. The number of aromatic nitrogens is 3. The highest BCUT2D eigenvalue weighted by Crippen LogP contribution is 2.44. The van der Waals surface area contributed by atoms with Crippen LogP contribution in [-0.2, 0) is 17.8 Å². The highest BCUT2D eigenvalue weighted by Gasteiger charge is 2.26. The van der Waals surface area contributed by atoms with Crippen molar-refractivity contribution in [3.63, 3.8) is 0 Å². The van der Waals surface area contributed by atoms with Gasteiger partial charge in [0.2, 0.25) is 0 Å². The molecule has 178 valence electrons. The first kappa shape index (κ1) is 22.8. The molecule has 0 bridgehead atoms. The van der Waals surface area contributed by atoms with Gasteiger partial charge in [-0.3, -0.25) is 4.90 Å². The number of carbonyl (C=O) groups excluding carboxylic acids is 1. The van der Waals surface area contributed by atoms with Crippen molar-refractivity contribution in [3.8, 4) is 16.2 Å². The number of fused-ring (bicyclic) bond motifs is 2. The van der Waals surface area contributed by atoms with Crippen LogP contribution in [0.5, 0.6) is 5.75 Å². The number of ether oxygens (including phenoxy) is 1. The zero-order chi connectivity index (χ0) is 23.8. The van der Waals surface area contributed by atoms with E-state index in [-0.39, 0.29) is 5.78 Å². The van der Waals surface area contributed by atoms with Gasteiger partial charge in [0.15, 0.2) is 5.82 Å². The number of methoxy groups -OCH3 is 1. The molecule has 0 saturated carbocycles. The Bertz CT molecular complexity index is 1370. The quantitative estimate of drug-likeness (QED) is 0.420. The van der Waals surface area contributed by atoms with Crippen molar-refractivity contribution in [2.75, 3.05) is 39.0 Å². The fraction of sp³-hybridized carbons (Fsp3) is 0.400. The van der Waals surface area contributed by atoms with Gasteiger partial charge in [-0.05, 0) is 48.9 Å². The minimum Gasteiger partial charge on any atom is -0.495 e. The summed E-state index contributed by atoms with van der Waals surface area (Å²) in [5.41, 5.74) is 11.7. The van der Waals surface area contributed by atoms with Gasteiger partial charge in [0.25, 0.3) is 0 Å². The first-order valence-corrected chi connectivity index (χ1v) is 12.4. The third kappa shape index (κ3) is 4.15. The molecule has 0 amide bonds. The van der Waals surface area contributed by atoms with E-state index in [1.165, 1.54) is 6.33 Å². The van der Waals surface area contributed by atoms with E-state index in [9.17, 15) is 4.79 Å². The zero-order valence-corrected chi connectivity index (χ0v) is 20.7. The summed E-state index contributed by atoms with van der Waals surface area (Å²) < 4.78 is 8.73. The Balaban J connectivity index is 1.75. The van der Waals surface area contributed by atoms with Crippen molar-refractivity contribution >= 4 is 38.5 Å². The van der Waals surface area contributed by atoms with E-state index in [1.54, 1.807) is 25.4 Å². The number of aryl methyl sites for hydroxylation is 1. The topological polar surface area (TPSA) is 97.8 Å². The number of nitrogens with zero attached hydrogens (tertiary/aromatic N) is 4. The van der Waals surface area contributed by atoms with E-state index >= 15 is 0 Å². The molecule has 0 spiro atoms. The minimum atomic E-state index is 0.169. The van der Waals surface area contributed by atoms with Gasteiger partial charge in [-0.15, -0.1) is 11.3 Å². The highest BCUT2D eigenvalue weighted by atomic mass is 32.1. The third-order valence-corrected chi connectivity index (χ3v) is 7.65. The van der Waals surface area contributed by atoms with Gasteiger partial charge < -0.3 is 20.6 Å². The summed E-state index contributed by atoms with van der Waals surface area (Å²) >= 11 is 1.68. The number of hydrogen-bond acceptors (Lipinski definition) is 8. The lowest BCUT2D eigenvalue weighted by atomic mass is 10.0. The zero-order valence-electron chi connectivity index (χ0n) is 19.9. The molecule has 9 heteroatoms. The summed E-state index contributed by atoms with van der Waals surface area (Å²) in [5.74, 6) is 1.48. The predicted molar refractivity (Wildman–Crippen MR) is 137 cm³/mol. The minimum absolute atomic E-state index is 0.169. The van der Waals surface area contributed by atoms with Gasteiger partial charge >= 0.3 is 0 Å². The molecule has 34 heavy (non-hydrogen) atoms. The van der Waals surface area contributed by atoms with E-state index in [4.69, 9.17) is 10.5 Å². The van der Waals surface area contributed by atoms with Gasteiger partial charge in [0.1, 0.15) is 23.4 Å². The molecule has 1 aliphatic heterocycles. The number of anilines is 1. The Hall–Kier alpha value is -3.01. The number of hydrogen-bond donors (Lipinski definition) is 2. The van der Waals surface area contributed by atoms with Gasteiger partial charge in [0, 0.05) is 49.6 Å². The lowest BCUT2D eigenvalue weighted by Gasteiger charge is -2.27. The molecule has 1 fully saturated rings. The molecule has 0 atom stereocenters. The van der Waals surface area contributed by atoms with Crippen molar-refractivity contribution in [2.45, 2.75) is 33.2 Å². The molecule has 1 aliphatic rings. The number of Topliss-reactive ketones (excluding diaryl/α,β-unsaturated/α-hetero) is 1. The maximum Gasteiger partial charge on any atom is 0.152 e. The van der Waals surface area contributed by atoms with Crippen LogP contribution in [0.1, 0.15) is 30.2 Å². The first-order chi connectivity index (χ1) is 16.5. The van der Waals surface area contributed by atoms with Gasteiger partial charge in [-0.2, -0.15) is 5.10 Å². The number of nitrogens with one attached hydrogen (secondary N) is 1.